The molecule has 6 heteroatoms. The molecule has 2 heterocycles. The van der Waals surface area contributed by atoms with Gasteiger partial charge in [0.05, 0.1) is 19.2 Å². The first-order valence-electron chi connectivity index (χ1n) is 11.5. The van der Waals surface area contributed by atoms with Crippen molar-refractivity contribution in [3.8, 4) is 17.1 Å². The standard InChI is InChI=1S/C29H28N4O2/c1-3-24(34-2)12-8-7-10-22-15-16-27-26(20-22)29(31-18-19-35-25-13-5-4-6-14-25)33-28(32-27)23-11-9-17-30-21-23/h3-17,20-21H,18-19H2,1-2H3,(H,31,32,33)/b10-7+,12-8-,24-3+. The first kappa shape index (κ1) is 23.7. The predicted octanol–water partition coefficient (Wildman–Crippen LogP) is 6.30. The molecule has 4 aromatic rings. The Morgan fingerprint density at radius 3 is 2.66 bits per heavy atom. The number of allylic oxidation sites excluding steroid dienone is 4. The lowest BCUT2D eigenvalue weighted by molar-refractivity contribution is 0.306. The fourth-order valence-corrected chi connectivity index (χ4v) is 3.46. The number of methoxy groups -OCH3 is 1. The minimum Gasteiger partial charge on any atom is -0.497 e. The molecule has 0 saturated heterocycles. The van der Waals surface area contributed by atoms with E-state index in [1.54, 1.807) is 19.5 Å². The van der Waals surface area contributed by atoms with Gasteiger partial charge in [-0.2, -0.15) is 0 Å². The molecular formula is C29H28N4O2. The van der Waals surface area contributed by atoms with Crippen LogP contribution in [0.25, 0.3) is 28.4 Å². The molecule has 4 rings (SSSR count). The van der Waals surface area contributed by atoms with Crippen molar-refractivity contribution < 1.29 is 9.47 Å². The molecule has 2 aromatic heterocycles. The van der Waals surface area contributed by atoms with Gasteiger partial charge in [0.25, 0.3) is 0 Å². The van der Waals surface area contributed by atoms with Crippen LogP contribution < -0.4 is 10.1 Å². The van der Waals surface area contributed by atoms with Gasteiger partial charge in [0.15, 0.2) is 5.82 Å². The molecule has 0 unspecified atom stereocenters. The second-order valence-electron chi connectivity index (χ2n) is 7.62. The Hall–Kier alpha value is -4.45. The van der Waals surface area contributed by atoms with Crippen LogP contribution in [-0.4, -0.2) is 35.2 Å². The van der Waals surface area contributed by atoms with Gasteiger partial charge in [0, 0.05) is 23.3 Å². The largest absolute Gasteiger partial charge is 0.497 e. The molecule has 0 aliphatic carbocycles. The average molecular weight is 465 g/mol. The third-order valence-electron chi connectivity index (χ3n) is 5.23. The Morgan fingerprint density at radius 2 is 1.89 bits per heavy atom. The summed E-state index contributed by atoms with van der Waals surface area (Å²) < 4.78 is 11.1. The maximum Gasteiger partial charge on any atom is 0.163 e. The van der Waals surface area contributed by atoms with Crippen molar-refractivity contribution in [3.05, 3.63) is 109 Å². The van der Waals surface area contributed by atoms with E-state index in [0.717, 1.165) is 39.4 Å². The summed E-state index contributed by atoms with van der Waals surface area (Å²) in [6.07, 6.45) is 13.3. The van der Waals surface area contributed by atoms with Gasteiger partial charge in [0.2, 0.25) is 0 Å². The number of fused-ring (bicyclic) bond motifs is 1. The Bertz CT molecular complexity index is 1330. The third-order valence-corrected chi connectivity index (χ3v) is 5.23. The molecule has 0 bridgehead atoms. The van der Waals surface area contributed by atoms with Crippen LogP contribution in [0.1, 0.15) is 12.5 Å². The monoisotopic (exact) mass is 464 g/mol. The summed E-state index contributed by atoms with van der Waals surface area (Å²) in [6.45, 7) is 3.05. The number of aromatic nitrogens is 3. The summed E-state index contributed by atoms with van der Waals surface area (Å²) in [5.41, 5.74) is 2.77. The van der Waals surface area contributed by atoms with Gasteiger partial charge in [-0.3, -0.25) is 4.98 Å². The minimum atomic E-state index is 0.509. The smallest absolute Gasteiger partial charge is 0.163 e. The maximum atomic E-state index is 5.83. The Kier molecular flexibility index (Phi) is 8.22. The zero-order chi connectivity index (χ0) is 24.3. The third kappa shape index (κ3) is 6.54. The first-order chi connectivity index (χ1) is 17.3. The number of para-hydroxylation sites is 1. The first-order valence-corrected chi connectivity index (χ1v) is 11.5. The van der Waals surface area contributed by atoms with Gasteiger partial charge in [0.1, 0.15) is 23.9 Å². The molecule has 0 atom stereocenters. The van der Waals surface area contributed by atoms with Crippen LogP contribution in [0.4, 0.5) is 5.82 Å². The van der Waals surface area contributed by atoms with Crippen LogP contribution in [0, 0.1) is 0 Å². The maximum absolute atomic E-state index is 5.83. The highest BCUT2D eigenvalue weighted by molar-refractivity contribution is 5.92. The van der Waals surface area contributed by atoms with E-state index in [1.165, 1.54) is 0 Å². The highest BCUT2D eigenvalue weighted by atomic mass is 16.5. The van der Waals surface area contributed by atoms with E-state index in [9.17, 15) is 0 Å². The normalized spacial score (nSPS) is 11.9. The molecule has 176 valence electrons. The van der Waals surface area contributed by atoms with Crippen molar-refractivity contribution in [1.29, 1.82) is 0 Å². The second kappa shape index (κ2) is 12.1. The summed E-state index contributed by atoms with van der Waals surface area (Å²) in [7, 11) is 1.66. The fraction of sp³-hybridized carbons (Fsp3) is 0.138. The minimum absolute atomic E-state index is 0.509. The molecule has 0 fully saturated rings. The average Bonchev–Trinajstić information content (AvgIpc) is 2.92. The number of rotatable bonds is 10. The Labute approximate surface area is 205 Å². The fourth-order valence-electron chi connectivity index (χ4n) is 3.46. The van der Waals surface area contributed by atoms with E-state index >= 15 is 0 Å². The van der Waals surface area contributed by atoms with E-state index in [0.29, 0.717) is 19.0 Å². The predicted molar refractivity (Wildman–Crippen MR) is 142 cm³/mol. The number of ether oxygens (including phenoxy) is 2. The topological polar surface area (TPSA) is 69.2 Å². The van der Waals surface area contributed by atoms with Crippen molar-refractivity contribution in [3.63, 3.8) is 0 Å². The van der Waals surface area contributed by atoms with Crippen LogP contribution in [0.15, 0.2) is 103 Å². The molecule has 0 saturated carbocycles. The number of benzene rings is 2. The van der Waals surface area contributed by atoms with E-state index in [1.807, 2.05) is 91.9 Å². The molecule has 1 N–H and O–H groups in total. The summed E-state index contributed by atoms with van der Waals surface area (Å²) in [5, 5.41) is 4.37. The van der Waals surface area contributed by atoms with Gasteiger partial charge in [-0.25, -0.2) is 9.97 Å². The van der Waals surface area contributed by atoms with Crippen LogP contribution in [-0.2, 0) is 4.74 Å². The number of anilines is 1. The Balaban J connectivity index is 1.58. The quantitative estimate of drug-likeness (QED) is 0.169. The van der Waals surface area contributed by atoms with E-state index in [-0.39, 0.29) is 0 Å². The van der Waals surface area contributed by atoms with Crippen molar-refractivity contribution in [2.45, 2.75) is 6.92 Å². The van der Waals surface area contributed by atoms with Gasteiger partial charge < -0.3 is 14.8 Å². The van der Waals surface area contributed by atoms with Gasteiger partial charge in [-0.15, -0.1) is 0 Å². The molecule has 2 aromatic carbocycles. The van der Waals surface area contributed by atoms with Crippen molar-refractivity contribution in [2.24, 2.45) is 0 Å². The van der Waals surface area contributed by atoms with Crippen LogP contribution in [0.5, 0.6) is 5.75 Å². The van der Waals surface area contributed by atoms with Crippen LogP contribution >= 0.6 is 0 Å². The van der Waals surface area contributed by atoms with Gasteiger partial charge in [-0.05, 0) is 61.0 Å². The van der Waals surface area contributed by atoms with Crippen LogP contribution in [0.3, 0.4) is 0 Å². The zero-order valence-electron chi connectivity index (χ0n) is 19.9. The molecule has 6 nitrogen and oxygen atoms in total. The van der Waals surface area contributed by atoms with Crippen molar-refractivity contribution >= 4 is 22.8 Å². The lowest BCUT2D eigenvalue weighted by Crippen LogP contribution is -2.13. The SMILES string of the molecule is C\C=C(/C=C\C=C\c1ccc2nc(-c3cccnc3)nc(NCCOc3ccccc3)c2c1)OC. The van der Waals surface area contributed by atoms with Crippen molar-refractivity contribution in [1.82, 2.24) is 15.0 Å². The number of nitrogens with one attached hydrogen (secondary N) is 1. The number of hydrogen-bond donors (Lipinski definition) is 1. The van der Waals surface area contributed by atoms with E-state index in [2.05, 4.69) is 16.4 Å². The Morgan fingerprint density at radius 1 is 1.00 bits per heavy atom. The number of nitrogens with zero attached hydrogens (tertiary/aromatic N) is 3. The zero-order valence-corrected chi connectivity index (χ0v) is 19.9. The molecular weight excluding hydrogens is 436 g/mol. The highest BCUT2D eigenvalue weighted by Crippen LogP contribution is 2.26. The molecule has 0 radical (unpaired) electrons. The lowest BCUT2D eigenvalue weighted by atomic mass is 10.1. The van der Waals surface area contributed by atoms with Gasteiger partial charge in [-0.1, -0.05) is 42.5 Å². The molecule has 0 spiro atoms. The summed E-state index contributed by atoms with van der Waals surface area (Å²) in [6, 6.07) is 19.8. The van der Waals surface area contributed by atoms with E-state index in [4.69, 9.17) is 19.4 Å². The number of pyridine rings is 1. The summed E-state index contributed by atoms with van der Waals surface area (Å²) >= 11 is 0. The van der Waals surface area contributed by atoms with Crippen LogP contribution in [0.2, 0.25) is 0 Å². The molecule has 0 amide bonds. The highest BCUT2D eigenvalue weighted by Gasteiger charge is 2.10. The molecule has 0 aliphatic heterocycles. The molecule has 35 heavy (non-hydrogen) atoms. The van der Waals surface area contributed by atoms with E-state index < -0.39 is 0 Å². The molecule has 0 aliphatic rings. The summed E-state index contributed by atoms with van der Waals surface area (Å²) in [5.74, 6) is 3.04. The summed E-state index contributed by atoms with van der Waals surface area (Å²) in [4.78, 5) is 13.8. The van der Waals surface area contributed by atoms with Gasteiger partial charge >= 0.3 is 0 Å². The number of hydrogen-bond acceptors (Lipinski definition) is 6. The lowest BCUT2D eigenvalue weighted by Gasteiger charge is -2.12. The second-order valence-corrected chi connectivity index (χ2v) is 7.62. The van der Waals surface area contributed by atoms with Crippen molar-refractivity contribution in [2.75, 3.05) is 25.6 Å².